The van der Waals surface area contributed by atoms with Gasteiger partial charge in [-0.1, -0.05) is 48.5 Å². The van der Waals surface area contributed by atoms with Gasteiger partial charge in [0.25, 0.3) is 0 Å². The lowest BCUT2D eigenvalue weighted by molar-refractivity contribution is 0.473. The summed E-state index contributed by atoms with van der Waals surface area (Å²) in [5, 5.41) is 5.71. The van der Waals surface area contributed by atoms with Crippen molar-refractivity contribution in [2.45, 2.75) is 18.2 Å². The molecule has 0 aliphatic heterocycles. The predicted molar refractivity (Wildman–Crippen MR) is 120 cm³/mol. The van der Waals surface area contributed by atoms with Gasteiger partial charge in [0.15, 0.2) is 22.4 Å². The second kappa shape index (κ2) is 8.86. The molecule has 0 spiro atoms. The van der Waals surface area contributed by atoms with Crippen LogP contribution in [0.3, 0.4) is 0 Å². The van der Waals surface area contributed by atoms with Crippen LogP contribution in [0.5, 0.6) is 0 Å². The van der Waals surface area contributed by atoms with Crippen molar-refractivity contribution in [2.24, 2.45) is 0 Å². The van der Waals surface area contributed by atoms with Gasteiger partial charge in [0, 0.05) is 18.3 Å². The number of benzene rings is 2. The summed E-state index contributed by atoms with van der Waals surface area (Å²) in [5.41, 5.74) is 2.72. The van der Waals surface area contributed by atoms with Crippen LogP contribution < -0.4 is 4.72 Å². The van der Waals surface area contributed by atoms with Crippen LogP contribution in [0.15, 0.2) is 94.6 Å². The van der Waals surface area contributed by atoms with Crippen molar-refractivity contribution >= 4 is 22.0 Å². The Hall–Kier alpha value is -3.62. The summed E-state index contributed by atoms with van der Waals surface area (Å²) in [6.07, 6.45) is 1.67. The minimum atomic E-state index is -1.51. The summed E-state index contributed by atoms with van der Waals surface area (Å²) in [6, 6.07) is 23.4. The van der Waals surface area contributed by atoms with Crippen LogP contribution in [0.4, 0.5) is 4.39 Å². The van der Waals surface area contributed by atoms with Gasteiger partial charge in [-0.25, -0.2) is 23.0 Å². The van der Waals surface area contributed by atoms with Gasteiger partial charge >= 0.3 is 0 Å². The maximum atomic E-state index is 14.2. The zero-order valence-electron chi connectivity index (χ0n) is 16.9. The first-order chi connectivity index (χ1) is 15.7. The van der Waals surface area contributed by atoms with Crippen molar-refractivity contribution in [1.82, 2.24) is 19.5 Å². The Labute approximate surface area is 186 Å². The molecule has 0 saturated carbocycles. The summed E-state index contributed by atoms with van der Waals surface area (Å²) in [5.74, 6) is 0.175. The number of aromatic nitrogens is 3. The lowest BCUT2D eigenvalue weighted by Gasteiger charge is -2.04. The first-order valence-corrected chi connectivity index (χ1v) is 11.2. The fraction of sp³-hybridized carbons (Fsp3) is 0.0833. The number of fused-ring (bicyclic) bond motifs is 1. The molecule has 0 fully saturated rings. The number of hydrogen-bond donors (Lipinski definition) is 1. The van der Waals surface area contributed by atoms with Crippen LogP contribution in [0.25, 0.3) is 22.5 Å². The Balaban J connectivity index is 1.42. The average Bonchev–Trinajstić information content (AvgIpc) is 3.45. The third kappa shape index (κ3) is 4.10. The smallest absolute Gasteiger partial charge is 0.206 e. The van der Waals surface area contributed by atoms with Gasteiger partial charge in [-0.3, -0.25) is 0 Å². The molecule has 1 atom stereocenters. The van der Waals surface area contributed by atoms with Gasteiger partial charge in [0.2, 0.25) is 5.09 Å². The van der Waals surface area contributed by atoms with Gasteiger partial charge in [-0.15, -0.1) is 0 Å². The number of nitrogens with one attached hydrogen (secondary N) is 1. The molecule has 160 valence electrons. The number of hydrogen-bond acceptors (Lipinski definition) is 4. The SMILES string of the molecule is O=S(NCc1ccccc1)c1ccc(-c2nn(Cc3ccccc3F)c3ncccc23)o1. The van der Waals surface area contributed by atoms with Gasteiger partial charge in [-0.05, 0) is 35.9 Å². The normalized spacial score (nSPS) is 12.3. The Bertz CT molecular complexity index is 1400. The molecule has 1 N–H and O–H groups in total. The highest BCUT2D eigenvalue weighted by Gasteiger charge is 2.18. The highest BCUT2D eigenvalue weighted by atomic mass is 32.2. The van der Waals surface area contributed by atoms with Gasteiger partial charge in [0.1, 0.15) is 11.5 Å². The van der Waals surface area contributed by atoms with Crippen molar-refractivity contribution in [2.75, 3.05) is 0 Å². The Morgan fingerprint density at radius 3 is 2.62 bits per heavy atom. The number of halogens is 1. The maximum Gasteiger partial charge on any atom is 0.206 e. The van der Waals surface area contributed by atoms with E-state index < -0.39 is 11.0 Å². The maximum absolute atomic E-state index is 14.2. The Morgan fingerprint density at radius 1 is 0.969 bits per heavy atom. The molecular weight excluding hydrogens is 427 g/mol. The molecule has 2 aromatic carbocycles. The second-order valence-corrected chi connectivity index (χ2v) is 8.39. The van der Waals surface area contributed by atoms with Crippen LogP contribution in [0.1, 0.15) is 11.1 Å². The Morgan fingerprint density at radius 2 is 1.78 bits per heavy atom. The van der Waals surface area contributed by atoms with E-state index in [4.69, 9.17) is 4.42 Å². The van der Waals surface area contributed by atoms with Crippen LogP contribution in [0.2, 0.25) is 0 Å². The molecule has 0 bridgehead atoms. The van der Waals surface area contributed by atoms with Gasteiger partial charge in [-0.2, -0.15) is 5.10 Å². The van der Waals surface area contributed by atoms with Crippen LogP contribution in [-0.2, 0) is 24.1 Å². The van der Waals surface area contributed by atoms with Crippen molar-refractivity contribution in [3.8, 4) is 11.5 Å². The highest BCUT2D eigenvalue weighted by Crippen LogP contribution is 2.29. The second-order valence-electron chi connectivity index (χ2n) is 7.17. The van der Waals surface area contributed by atoms with E-state index in [9.17, 15) is 8.60 Å². The van der Waals surface area contributed by atoms with Crippen LogP contribution in [-0.4, -0.2) is 19.0 Å². The van der Waals surface area contributed by atoms with E-state index in [0.717, 1.165) is 10.9 Å². The average molecular weight is 447 g/mol. The molecule has 5 rings (SSSR count). The number of rotatable bonds is 7. The van der Waals surface area contributed by atoms with Crippen molar-refractivity contribution < 1.29 is 13.0 Å². The van der Waals surface area contributed by atoms with E-state index in [1.54, 1.807) is 41.2 Å². The van der Waals surface area contributed by atoms with Crippen molar-refractivity contribution in [3.05, 3.63) is 102 Å². The molecule has 6 nitrogen and oxygen atoms in total. The molecule has 0 aliphatic rings. The molecule has 32 heavy (non-hydrogen) atoms. The third-order valence-corrected chi connectivity index (χ3v) is 6.02. The van der Waals surface area contributed by atoms with Gasteiger partial charge < -0.3 is 4.42 Å². The predicted octanol–water partition coefficient (Wildman–Crippen LogP) is 4.69. The molecule has 1 unspecified atom stereocenters. The molecule has 5 aromatic rings. The standard InChI is InChI=1S/C24H19FN4O2S/c25-20-11-5-4-9-18(20)16-29-24-19(10-6-14-26-24)23(28-29)21-12-13-22(31-21)32(30)27-15-17-7-2-1-3-8-17/h1-14,27H,15-16H2. The first-order valence-electron chi connectivity index (χ1n) is 10.0. The quantitative estimate of drug-likeness (QED) is 0.394. The highest BCUT2D eigenvalue weighted by molar-refractivity contribution is 7.82. The minimum absolute atomic E-state index is 0.234. The Kier molecular flexibility index (Phi) is 5.62. The zero-order valence-corrected chi connectivity index (χ0v) is 17.8. The fourth-order valence-corrected chi connectivity index (χ4v) is 4.25. The largest absolute Gasteiger partial charge is 0.444 e. The van der Waals surface area contributed by atoms with E-state index in [1.807, 2.05) is 42.5 Å². The van der Waals surface area contributed by atoms with E-state index >= 15 is 0 Å². The molecule has 3 aromatic heterocycles. The van der Waals surface area contributed by atoms with E-state index in [0.29, 0.717) is 34.3 Å². The lowest BCUT2D eigenvalue weighted by atomic mass is 10.2. The third-order valence-electron chi connectivity index (χ3n) is 5.03. The molecule has 3 heterocycles. The van der Waals surface area contributed by atoms with E-state index in [-0.39, 0.29) is 12.4 Å². The van der Waals surface area contributed by atoms with Gasteiger partial charge in [0.05, 0.1) is 11.9 Å². The van der Waals surface area contributed by atoms with Crippen molar-refractivity contribution in [3.63, 3.8) is 0 Å². The summed E-state index contributed by atoms with van der Waals surface area (Å²) in [6.45, 7) is 0.686. The number of nitrogens with zero attached hydrogens (tertiary/aromatic N) is 3. The van der Waals surface area contributed by atoms with E-state index in [1.165, 1.54) is 6.07 Å². The zero-order chi connectivity index (χ0) is 21.9. The minimum Gasteiger partial charge on any atom is -0.444 e. The number of pyridine rings is 1. The topological polar surface area (TPSA) is 73.0 Å². The molecule has 0 saturated heterocycles. The van der Waals surface area contributed by atoms with Crippen LogP contribution in [0, 0.1) is 5.82 Å². The lowest BCUT2D eigenvalue weighted by Crippen LogP contribution is -2.16. The summed E-state index contributed by atoms with van der Waals surface area (Å²) < 4.78 is 37.3. The summed E-state index contributed by atoms with van der Waals surface area (Å²) >= 11 is 0. The summed E-state index contributed by atoms with van der Waals surface area (Å²) in [4.78, 5) is 4.42. The monoisotopic (exact) mass is 446 g/mol. The summed E-state index contributed by atoms with van der Waals surface area (Å²) in [7, 11) is -1.51. The van der Waals surface area contributed by atoms with Crippen LogP contribution >= 0.6 is 0 Å². The molecular formula is C24H19FN4O2S. The molecule has 0 aliphatic carbocycles. The fourth-order valence-electron chi connectivity index (χ4n) is 3.45. The molecule has 0 amide bonds. The van der Waals surface area contributed by atoms with Crippen molar-refractivity contribution in [1.29, 1.82) is 0 Å². The molecule has 0 radical (unpaired) electrons. The molecule has 8 heteroatoms. The number of furan rings is 1. The first kappa shape index (κ1) is 20.3. The van der Waals surface area contributed by atoms with E-state index in [2.05, 4.69) is 14.8 Å².